The van der Waals surface area contributed by atoms with Gasteiger partial charge in [0, 0.05) is 27.6 Å². The van der Waals surface area contributed by atoms with Crippen LogP contribution in [0.3, 0.4) is 0 Å². The Morgan fingerprint density at radius 1 is 0.929 bits per heavy atom. The number of benzene rings is 3. The lowest BCUT2D eigenvalue weighted by Crippen LogP contribution is -2.10. The quantitative estimate of drug-likeness (QED) is 0.415. The van der Waals surface area contributed by atoms with Gasteiger partial charge in [0.15, 0.2) is 5.75 Å². The van der Waals surface area contributed by atoms with Crippen LogP contribution < -0.4 is 9.47 Å². The molecule has 28 heavy (non-hydrogen) atoms. The van der Waals surface area contributed by atoms with E-state index in [4.69, 9.17) is 21.1 Å². The number of ether oxygens (including phenoxy) is 2. The summed E-state index contributed by atoms with van der Waals surface area (Å²) in [7, 11) is 1.58. The van der Waals surface area contributed by atoms with Gasteiger partial charge in [-0.1, -0.05) is 48.0 Å². The molecule has 0 N–H and O–H groups in total. The maximum absolute atomic E-state index is 12.8. The highest BCUT2D eigenvalue weighted by atomic mass is 35.5. The van der Waals surface area contributed by atoms with Gasteiger partial charge in [0.25, 0.3) is 0 Å². The molecule has 4 aromatic rings. The van der Waals surface area contributed by atoms with Crippen molar-refractivity contribution < 1.29 is 14.3 Å². The molecule has 0 aliphatic rings. The Labute approximate surface area is 167 Å². The number of hydrogen-bond donors (Lipinski definition) is 0. The van der Waals surface area contributed by atoms with E-state index in [1.165, 1.54) is 0 Å². The molecular formula is C23H16ClNO3. The average Bonchev–Trinajstić information content (AvgIpc) is 2.75. The molecule has 0 spiro atoms. The Morgan fingerprint density at radius 3 is 2.36 bits per heavy atom. The lowest BCUT2D eigenvalue weighted by Gasteiger charge is -2.13. The zero-order chi connectivity index (χ0) is 19.5. The van der Waals surface area contributed by atoms with Crippen molar-refractivity contribution in [3.8, 4) is 22.8 Å². The van der Waals surface area contributed by atoms with Crippen LogP contribution in [0.25, 0.3) is 22.0 Å². The highest BCUT2D eigenvalue weighted by Gasteiger charge is 2.17. The Kier molecular flexibility index (Phi) is 4.96. The van der Waals surface area contributed by atoms with Crippen molar-refractivity contribution in [2.75, 3.05) is 7.11 Å². The summed E-state index contributed by atoms with van der Waals surface area (Å²) < 4.78 is 11.0. The molecule has 0 aliphatic heterocycles. The SMILES string of the molecule is COc1ccc(C(=O)Oc2c(-c3ccc(Cl)cc3)ncc3ccccc23)cc1. The number of carbonyl (C=O) groups excluding carboxylic acids is 1. The minimum absolute atomic E-state index is 0.418. The molecule has 1 aromatic heterocycles. The number of esters is 1. The molecular weight excluding hydrogens is 374 g/mol. The van der Waals surface area contributed by atoms with Crippen LogP contribution in [0.5, 0.6) is 11.5 Å². The number of fused-ring (bicyclic) bond motifs is 1. The van der Waals surface area contributed by atoms with Crippen molar-refractivity contribution in [2.24, 2.45) is 0 Å². The summed E-state index contributed by atoms with van der Waals surface area (Å²) in [6.45, 7) is 0. The van der Waals surface area contributed by atoms with E-state index < -0.39 is 5.97 Å². The van der Waals surface area contributed by atoms with Crippen LogP contribution >= 0.6 is 11.6 Å². The minimum atomic E-state index is -0.462. The topological polar surface area (TPSA) is 48.4 Å². The summed E-state index contributed by atoms with van der Waals surface area (Å²) in [5.41, 5.74) is 1.82. The highest BCUT2D eigenvalue weighted by molar-refractivity contribution is 6.30. The van der Waals surface area contributed by atoms with Gasteiger partial charge in [0.05, 0.1) is 12.7 Å². The van der Waals surface area contributed by atoms with Crippen LogP contribution in [-0.4, -0.2) is 18.1 Å². The van der Waals surface area contributed by atoms with Crippen molar-refractivity contribution >= 4 is 28.3 Å². The number of methoxy groups -OCH3 is 1. The maximum Gasteiger partial charge on any atom is 0.343 e. The molecule has 4 rings (SSSR count). The number of pyridine rings is 1. The Balaban J connectivity index is 1.80. The van der Waals surface area contributed by atoms with E-state index >= 15 is 0 Å². The van der Waals surface area contributed by atoms with Gasteiger partial charge in [-0.05, 0) is 36.4 Å². The van der Waals surface area contributed by atoms with Crippen molar-refractivity contribution in [1.82, 2.24) is 4.98 Å². The molecule has 4 nitrogen and oxygen atoms in total. The lowest BCUT2D eigenvalue weighted by molar-refractivity contribution is 0.0737. The summed E-state index contributed by atoms with van der Waals surface area (Å²) in [4.78, 5) is 17.3. The monoisotopic (exact) mass is 389 g/mol. The van der Waals surface area contributed by atoms with Gasteiger partial charge >= 0.3 is 5.97 Å². The van der Waals surface area contributed by atoms with Crippen molar-refractivity contribution in [1.29, 1.82) is 0 Å². The second kappa shape index (κ2) is 7.71. The molecule has 0 bridgehead atoms. The van der Waals surface area contributed by atoms with E-state index in [1.807, 2.05) is 36.4 Å². The van der Waals surface area contributed by atoms with Gasteiger partial charge in [0.2, 0.25) is 0 Å². The van der Waals surface area contributed by atoms with Gasteiger partial charge in [-0.3, -0.25) is 4.98 Å². The van der Waals surface area contributed by atoms with Gasteiger partial charge in [-0.25, -0.2) is 4.79 Å². The molecule has 0 unspecified atom stereocenters. The van der Waals surface area contributed by atoms with E-state index in [-0.39, 0.29) is 0 Å². The zero-order valence-corrected chi connectivity index (χ0v) is 15.8. The van der Waals surface area contributed by atoms with Crippen LogP contribution in [-0.2, 0) is 0 Å². The summed E-state index contributed by atoms with van der Waals surface area (Å²) >= 11 is 6.01. The number of aromatic nitrogens is 1. The summed E-state index contributed by atoms with van der Waals surface area (Å²) in [5, 5.41) is 2.32. The molecule has 0 saturated heterocycles. The molecule has 0 fully saturated rings. The number of rotatable bonds is 4. The fourth-order valence-electron chi connectivity index (χ4n) is 2.93. The predicted molar refractivity (Wildman–Crippen MR) is 110 cm³/mol. The van der Waals surface area contributed by atoms with Crippen LogP contribution in [0.4, 0.5) is 0 Å². The van der Waals surface area contributed by atoms with Crippen LogP contribution in [0.1, 0.15) is 10.4 Å². The van der Waals surface area contributed by atoms with E-state index in [0.29, 0.717) is 27.8 Å². The molecule has 0 radical (unpaired) electrons. The van der Waals surface area contributed by atoms with Crippen LogP contribution in [0, 0.1) is 0 Å². The molecule has 3 aromatic carbocycles. The third-order valence-corrected chi connectivity index (χ3v) is 4.64. The van der Waals surface area contributed by atoms with Crippen LogP contribution in [0.2, 0.25) is 5.02 Å². The molecule has 0 aliphatic carbocycles. The minimum Gasteiger partial charge on any atom is -0.497 e. The van der Waals surface area contributed by atoms with Gasteiger partial charge in [-0.2, -0.15) is 0 Å². The first-order valence-electron chi connectivity index (χ1n) is 8.65. The molecule has 0 atom stereocenters. The van der Waals surface area contributed by atoms with E-state index in [1.54, 1.807) is 49.7 Å². The second-order valence-electron chi connectivity index (χ2n) is 6.15. The number of hydrogen-bond acceptors (Lipinski definition) is 4. The Hall–Kier alpha value is -3.37. The zero-order valence-electron chi connectivity index (χ0n) is 15.1. The predicted octanol–water partition coefficient (Wildman–Crippen LogP) is 5.78. The first-order chi connectivity index (χ1) is 13.7. The Bertz CT molecular complexity index is 1140. The number of carbonyl (C=O) groups is 1. The fraction of sp³-hybridized carbons (Fsp3) is 0.0435. The van der Waals surface area contributed by atoms with E-state index in [9.17, 15) is 4.79 Å². The second-order valence-corrected chi connectivity index (χ2v) is 6.58. The third-order valence-electron chi connectivity index (χ3n) is 4.39. The third kappa shape index (κ3) is 3.55. The van der Waals surface area contributed by atoms with Crippen LogP contribution in [0.15, 0.2) is 79.0 Å². The smallest absolute Gasteiger partial charge is 0.343 e. The first kappa shape index (κ1) is 18.0. The highest BCUT2D eigenvalue weighted by Crippen LogP contribution is 2.36. The van der Waals surface area contributed by atoms with E-state index in [0.717, 1.165) is 16.3 Å². The molecule has 5 heteroatoms. The lowest BCUT2D eigenvalue weighted by atomic mass is 10.1. The fourth-order valence-corrected chi connectivity index (χ4v) is 3.06. The first-order valence-corrected chi connectivity index (χ1v) is 9.03. The largest absolute Gasteiger partial charge is 0.497 e. The molecule has 138 valence electrons. The standard InChI is InChI=1S/C23H16ClNO3/c1-27-19-12-8-16(9-13-19)23(26)28-22-20-5-3-2-4-17(20)14-25-21(22)15-6-10-18(24)11-7-15/h2-14H,1H3. The average molecular weight is 390 g/mol. The summed E-state index contributed by atoms with van der Waals surface area (Å²) in [6.07, 6.45) is 1.77. The van der Waals surface area contributed by atoms with Gasteiger partial charge < -0.3 is 9.47 Å². The molecule has 0 amide bonds. The molecule has 1 heterocycles. The van der Waals surface area contributed by atoms with E-state index in [2.05, 4.69) is 4.98 Å². The normalized spacial score (nSPS) is 10.6. The number of halogens is 1. The molecule has 0 saturated carbocycles. The van der Waals surface area contributed by atoms with Crippen molar-refractivity contribution in [2.45, 2.75) is 0 Å². The van der Waals surface area contributed by atoms with Crippen molar-refractivity contribution in [3.63, 3.8) is 0 Å². The summed E-state index contributed by atoms with van der Waals surface area (Å²) in [5.74, 6) is 0.627. The maximum atomic E-state index is 12.8. The number of nitrogens with zero attached hydrogens (tertiary/aromatic N) is 1. The Morgan fingerprint density at radius 2 is 1.64 bits per heavy atom. The summed E-state index contributed by atoms with van der Waals surface area (Å²) in [6, 6.07) is 21.7. The van der Waals surface area contributed by atoms with Gasteiger partial charge in [0.1, 0.15) is 11.4 Å². The van der Waals surface area contributed by atoms with Gasteiger partial charge in [-0.15, -0.1) is 0 Å². The van der Waals surface area contributed by atoms with Crippen molar-refractivity contribution in [3.05, 3.63) is 89.6 Å².